The fourth-order valence-electron chi connectivity index (χ4n) is 1.12. The molecule has 0 bridgehead atoms. The molecule has 4 nitrogen and oxygen atoms in total. The van der Waals surface area contributed by atoms with Crippen molar-refractivity contribution in [3.05, 3.63) is 17.5 Å². The standard InChI is InChI=1S/C11H15NO3S2/c1-3-11(2,10(14)15)12-8(13)7-17-9-5-4-6-16-9/h4-6H,3,7H2,1-2H3,(H,12,13)(H,14,15). The minimum atomic E-state index is -1.17. The predicted molar refractivity (Wildman–Crippen MR) is 69.5 cm³/mol. The Bertz CT molecular complexity index is 391. The monoisotopic (exact) mass is 273 g/mol. The van der Waals surface area contributed by atoms with Crippen LogP contribution >= 0.6 is 23.1 Å². The summed E-state index contributed by atoms with van der Waals surface area (Å²) in [6, 6.07) is 3.84. The summed E-state index contributed by atoms with van der Waals surface area (Å²) in [5.41, 5.74) is -1.17. The van der Waals surface area contributed by atoms with Crippen LogP contribution in [0.4, 0.5) is 0 Å². The highest BCUT2D eigenvalue weighted by molar-refractivity contribution is 8.01. The van der Waals surface area contributed by atoms with Gasteiger partial charge < -0.3 is 10.4 Å². The van der Waals surface area contributed by atoms with Crippen LogP contribution < -0.4 is 5.32 Å². The summed E-state index contributed by atoms with van der Waals surface area (Å²) in [6.45, 7) is 3.25. The lowest BCUT2D eigenvalue weighted by atomic mass is 9.99. The average molecular weight is 273 g/mol. The zero-order valence-corrected chi connectivity index (χ0v) is 11.4. The largest absolute Gasteiger partial charge is 0.480 e. The van der Waals surface area contributed by atoms with Gasteiger partial charge in [-0.05, 0) is 24.8 Å². The molecule has 0 spiro atoms. The van der Waals surface area contributed by atoms with Crippen molar-refractivity contribution in [3.8, 4) is 0 Å². The number of aliphatic carboxylic acids is 1. The van der Waals surface area contributed by atoms with E-state index in [0.29, 0.717) is 6.42 Å². The van der Waals surface area contributed by atoms with Crippen molar-refractivity contribution in [2.45, 2.75) is 30.0 Å². The number of thioether (sulfide) groups is 1. The van der Waals surface area contributed by atoms with Gasteiger partial charge in [0.15, 0.2) is 0 Å². The molecule has 6 heteroatoms. The molecule has 17 heavy (non-hydrogen) atoms. The number of carboxylic acids is 1. The maximum absolute atomic E-state index is 11.6. The first-order valence-corrected chi connectivity index (χ1v) is 7.05. The van der Waals surface area contributed by atoms with E-state index in [-0.39, 0.29) is 11.7 Å². The minimum absolute atomic E-state index is 0.239. The molecule has 1 unspecified atom stereocenters. The molecule has 0 fully saturated rings. The molecule has 0 aliphatic carbocycles. The Balaban J connectivity index is 2.46. The lowest BCUT2D eigenvalue weighted by Crippen LogP contribution is -2.52. The van der Waals surface area contributed by atoms with E-state index in [9.17, 15) is 9.59 Å². The molecule has 0 saturated heterocycles. The number of carbonyl (C=O) groups excluding carboxylic acids is 1. The van der Waals surface area contributed by atoms with Gasteiger partial charge in [-0.1, -0.05) is 13.0 Å². The van der Waals surface area contributed by atoms with Crippen LogP contribution in [0.2, 0.25) is 0 Å². The van der Waals surface area contributed by atoms with Gasteiger partial charge in [-0.25, -0.2) is 4.79 Å². The zero-order valence-electron chi connectivity index (χ0n) is 9.73. The van der Waals surface area contributed by atoms with Crippen molar-refractivity contribution in [1.82, 2.24) is 5.32 Å². The highest BCUT2D eigenvalue weighted by Gasteiger charge is 2.32. The van der Waals surface area contributed by atoms with E-state index in [4.69, 9.17) is 5.11 Å². The van der Waals surface area contributed by atoms with Gasteiger partial charge in [0, 0.05) is 0 Å². The molecule has 0 aliphatic rings. The topological polar surface area (TPSA) is 66.4 Å². The van der Waals surface area contributed by atoms with Crippen molar-refractivity contribution < 1.29 is 14.7 Å². The summed E-state index contributed by atoms with van der Waals surface area (Å²) < 4.78 is 1.05. The Kier molecular flexibility index (Phi) is 5.02. The summed E-state index contributed by atoms with van der Waals surface area (Å²) in [4.78, 5) is 22.6. The molecule has 0 radical (unpaired) electrons. The van der Waals surface area contributed by atoms with Crippen molar-refractivity contribution in [1.29, 1.82) is 0 Å². The van der Waals surface area contributed by atoms with Gasteiger partial charge in [-0.3, -0.25) is 4.79 Å². The Morgan fingerprint density at radius 1 is 1.59 bits per heavy atom. The van der Waals surface area contributed by atoms with Crippen LogP contribution in [0.3, 0.4) is 0 Å². The van der Waals surface area contributed by atoms with Crippen LogP contribution in [0.25, 0.3) is 0 Å². The number of carbonyl (C=O) groups is 2. The van der Waals surface area contributed by atoms with E-state index in [1.165, 1.54) is 18.7 Å². The molecule has 1 aromatic heterocycles. The third-order valence-electron chi connectivity index (χ3n) is 2.44. The van der Waals surface area contributed by atoms with Gasteiger partial charge in [0.05, 0.1) is 9.96 Å². The van der Waals surface area contributed by atoms with Crippen LogP contribution in [0.5, 0.6) is 0 Å². The van der Waals surface area contributed by atoms with Crippen LogP contribution in [-0.2, 0) is 9.59 Å². The van der Waals surface area contributed by atoms with E-state index in [0.717, 1.165) is 4.21 Å². The number of hydrogen-bond donors (Lipinski definition) is 2. The predicted octanol–water partition coefficient (Wildman–Crippen LogP) is 2.21. The van der Waals surface area contributed by atoms with Gasteiger partial charge in [-0.15, -0.1) is 23.1 Å². The lowest BCUT2D eigenvalue weighted by Gasteiger charge is -2.24. The summed E-state index contributed by atoms with van der Waals surface area (Å²) >= 11 is 2.97. The van der Waals surface area contributed by atoms with Crippen molar-refractivity contribution in [3.63, 3.8) is 0 Å². The van der Waals surface area contributed by atoms with Crippen LogP contribution in [0.1, 0.15) is 20.3 Å². The van der Waals surface area contributed by atoms with Gasteiger partial charge in [0.2, 0.25) is 5.91 Å². The first kappa shape index (κ1) is 14.1. The van der Waals surface area contributed by atoms with E-state index >= 15 is 0 Å². The Morgan fingerprint density at radius 3 is 2.76 bits per heavy atom. The molecule has 1 aromatic rings. The number of thiophene rings is 1. The number of rotatable bonds is 6. The molecule has 2 N–H and O–H groups in total. The van der Waals surface area contributed by atoms with Crippen molar-refractivity contribution in [2.75, 3.05) is 5.75 Å². The smallest absolute Gasteiger partial charge is 0.329 e. The highest BCUT2D eigenvalue weighted by Crippen LogP contribution is 2.23. The molecule has 1 atom stereocenters. The molecular weight excluding hydrogens is 258 g/mol. The average Bonchev–Trinajstić information content (AvgIpc) is 2.78. The molecule has 0 aliphatic heterocycles. The van der Waals surface area contributed by atoms with Crippen LogP contribution in [0, 0.1) is 0 Å². The molecule has 1 amide bonds. The minimum Gasteiger partial charge on any atom is -0.480 e. The van der Waals surface area contributed by atoms with Gasteiger partial charge in [0.1, 0.15) is 5.54 Å². The molecule has 1 rings (SSSR count). The molecule has 94 valence electrons. The Labute approximate surface area is 108 Å². The summed E-state index contributed by atoms with van der Waals surface area (Å²) in [7, 11) is 0. The molecule has 0 aromatic carbocycles. The third-order valence-corrected chi connectivity index (χ3v) is 4.57. The zero-order chi connectivity index (χ0) is 12.9. The van der Waals surface area contributed by atoms with Gasteiger partial charge in [-0.2, -0.15) is 0 Å². The highest BCUT2D eigenvalue weighted by atomic mass is 32.2. The summed E-state index contributed by atoms with van der Waals surface area (Å²) in [6.07, 6.45) is 0.359. The lowest BCUT2D eigenvalue weighted by molar-refractivity contribution is -0.146. The number of amides is 1. The van der Waals surface area contributed by atoms with E-state index in [1.54, 1.807) is 18.3 Å². The normalized spacial score (nSPS) is 14.0. The molecular formula is C11H15NO3S2. The maximum Gasteiger partial charge on any atom is 0.329 e. The van der Waals surface area contributed by atoms with Gasteiger partial charge >= 0.3 is 5.97 Å². The van der Waals surface area contributed by atoms with Crippen molar-refractivity contribution in [2.24, 2.45) is 0 Å². The molecule has 0 saturated carbocycles. The first-order valence-electron chi connectivity index (χ1n) is 5.18. The fraction of sp³-hybridized carbons (Fsp3) is 0.455. The summed E-state index contributed by atoms with van der Waals surface area (Å²) in [5.74, 6) is -1.02. The quantitative estimate of drug-likeness (QED) is 0.780. The summed E-state index contributed by atoms with van der Waals surface area (Å²) in [5, 5.41) is 13.5. The van der Waals surface area contributed by atoms with E-state index < -0.39 is 11.5 Å². The second kappa shape index (κ2) is 6.07. The van der Waals surface area contributed by atoms with Crippen LogP contribution in [0.15, 0.2) is 21.7 Å². The maximum atomic E-state index is 11.6. The first-order chi connectivity index (χ1) is 7.98. The number of hydrogen-bond acceptors (Lipinski definition) is 4. The van der Waals surface area contributed by atoms with E-state index in [2.05, 4.69) is 5.32 Å². The second-order valence-electron chi connectivity index (χ2n) is 3.76. The van der Waals surface area contributed by atoms with Gasteiger partial charge in [0.25, 0.3) is 0 Å². The van der Waals surface area contributed by atoms with Crippen LogP contribution in [-0.4, -0.2) is 28.3 Å². The SMILES string of the molecule is CCC(C)(NC(=O)CSc1cccs1)C(=O)O. The second-order valence-corrected chi connectivity index (χ2v) is 5.98. The van der Waals surface area contributed by atoms with Crippen molar-refractivity contribution >= 4 is 35.0 Å². The Hall–Kier alpha value is -1.01. The van der Waals surface area contributed by atoms with E-state index in [1.807, 2.05) is 17.5 Å². The molecule has 1 heterocycles. The Morgan fingerprint density at radius 2 is 2.29 bits per heavy atom. The third kappa shape index (κ3) is 4.05. The fourth-order valence-corrected chi connectivity index (χ4v) is 2.70. The number of nitrogens with one attached hydrogen (secondary N) is 1. The number of carboxylic acid groups (broad SMARTS) is 1.